The number of ether oxygens (including phenoxy) is 1. The van der Waals surface area contributed by atoms with Crippen molar-refractivity contribution >= 4 is 29.3 Å². The van der Waals surface area contributed by atoms with E-state index in [0.29, 0.717) is 24.4 Å². The van der Waals surface area contributed by atoms with Crippen LogP contribution in [-0.4, -0.2) is 38.1 Å². The van der Waals surface area contributed by atoms with E-state index in [1.54, 1.807) is 29.2 Å². The highest BCUT2D eigenvalue weighted by atomic mass is 16.6. The van der Waals surface area contributed by atoms with E-state index >= 15 is 0 Å². The summed E-state index contributed by atoms with van der Waals surface area (Å²) in [6.45, 7) is 3.13. The van der Waals surface area contributed by atoms with Gasteiger partial charge in [0, 0.05) is 30.0 Å². The number of hydrogen-bond donors (Lipinski definition) is 0. The molecule has 0 radical (unpaired) electrons. The van der Waals surface area contributed by atoms with Gasteiger partial charge in [-0.2, -0.15) is 0 Å². The summed E-state index contributed by atoms with van der Waals surface area (Å²) in [6, 6.07) is 15.4. The molecule has 2 saturated heterocycles. The Morgan fingerprint density at radius 1 is 0.929 bits per heavy atom. The van der Waals surface area contributed by atoms with Gasteiger partial charge in [0.25, 0.3) is 0 Å². The van der Waals surface area contributed by atoms with E-state index < -0.39 is 0 Å². The summed E-state index contributed by atoms with van der Waals surface area (Å²) in [4.78, 5) is 28.2. The second-order valence-electron chi connectivity index (χ2n) is 7.15. The van der Waals surface area contributed by atoms with Crippen molar-refractivity contribution < 1.29 is 14.3 Å². The van der Waals surface area contributed by atoms with Crippen molar-refractivity contribution in [1.82, 2.24) is 0 Å². The summed E-state index contributed by atoms with van der Waals surface area (Å²) >= 11 is 0. The van der Waals surface area contributed by atoms with Gasteiger partial charge in [-0.1, -0.05) is 30.3 Å². The van der Waals surface area contributed by atoms with Gasteiger partial charge in [0.05, 0.1) is 6.54 Å². The molecular weight excluding hydrogens is 352 g/mol. The van der Waals surface area contributed by atoms with Crippen molar-refractivity contribution in [3.05, 3.63) is 65.7 Å². The largest absolute Gasteiger partial charge is 0.447 e. The maximum Gasteiger partial charge on any atom is 0.414 e. The third-order valence-corrected chi connectivity index (χ3v) is 5.24. The topological polar surface area (TPSA) is 49.9 Å². The number of allylic oxidation sites excluding steroid dienone is 1. The maximum absolute atomic E-state index is 12.6. The number of amides is 1. The Balaban J connectivity index is 1.43. The van der Waals surface area contributed by atoms with Gasteiger partial charge in [-0.15, -0.1) is 0 Å². The van der Waals surface area contributed by atoms with Crippen LogP contribution in [0.4, 0.5) is 16.2 Å². The van der Waals surface area contributed by atoms with Crippen molar-refractivity contribution in [3.63, 3.8) is 0 Å². The lowest BCUT2D eigenvalue weighted by atomic mass is 10.1. The summed E-state index contributed by atoms with van der Waals surface area (Å²) in [6.07, 6.45) is 6.87. The fraction of sp³-hybridized carbons (Fsp3) is 0.304. The minimum atomic E-state index is -0.367. The molecule has 2 aromatic rings. The van der Waals surface area contributed by atoms with Crippen molar-refractivity contribution in [2.45, 2.75) is 19.3 Å². The van der Waals surface area contributed by atoms with Crippen LogP contribution in [0.25, 0.3) is 6.08 Å². The number of carbonyl (C=O) groups is 2. The Morgan fingerprint density at radius 3 is 2.43 bits per heavy atom. The summed E-state index contributed by atoms with van der Waals surface area (Å²) in [5, 5.41) is 0. The van der Waals surface area contributed by atoms with Crippen LogP contribution in [0.2, 0.25) is 0 Å². The first-order chi connectivity index (χ1) is 13.7. The predicted octanol–water partition coefficient (Wildman–Crippen LogP) is 4.53. The Hall–Kier alpha value is -3.08. The molecular formula is C23H24N2O3. The van der Waals surface area contributed by atoms with E-state index in [-0.39, 0.29) is 11.9 Å². The number of rotatable bonds is 5. The van der Waals surface area contributed by atoms with Crippen LogP contribution in [0.3, 0.4) is 0 Å². The lowest BCUT2D eigenvalue weighted by molar-refractivity contribution is 0.104. The van der Waals surface area contributed by atoms with Crippen LogP contribution in [0.5, 0.6) is 0 Å². The number of anilines is 2. The predicted molar refractivity (Wildman–Crippen MR) is 111 cm³/mol. The molecule has 2 heterocycles. The van der Waals surface area contributed by atoms with E-state index in [2.05, 4.69) is 17.0 Å². The lowest BCUT2D eigenvalue weighted by Gasteiger charge is -2.28. The molecule has 0 bridgehead atoms. The minimum absolute atomic E-state index is 0.0884. The average molecular weight is 376 g/mol. The van der Waals surface area contributed by atoms with Gasteiger partial charge in [-0.25, -0.2) is 4.79 Å². The summed E-state index contributed by atoms with van der Waals surface area (Å²) < 4.78 is 4.96. The van der Waals surface area contributed by atoms with Crippen LogP contribution in [0.15, 0.2) is 54.6 Å². The van der Waals surface area contributed by atoms with Crippen LogP contribution in [0.1, 0.15) is 35.2 Å². The molecule has 28 heavy (non-hydrogen) atoms. The number of piperidine rings is 1. The molecule has 2 aliphatic rings. The zero-order valence-corrected chi connectivity index (χ0v) is 15.8. The molecule has 0 saturated carbocycles. The molecule has 1 amide bonds. The molecule has 0 spiro atoms. The molecule has 0 aliphatic carbocycles. The van der Waals surface area contributed by atoms with E-state index in [9.17, 15) is 9.59 Å². The third kappa shape index (κ3) is 4.09. The first-order valence-electron chi connectivity index (χ1n) is 9.82. The van der Waals surface area contributed by atoms with Crippen molar-refractivity contribution in [2.24, 2.45) is 0 Å². The van der Waals surface area contributed by atoms with Crippen LogP contribution >= 0.6 is 0 Å². The highest BCUT2D eigenvalue weighted by Crippen LogP contribution is 2.22. The number of benzene rings is 2. The standard InChI is InChI=1S/C23H24N2O3/c26-22(19-5-4-6-21(17-19)25-15-16-28-23(25)27)12-9-18-7-10-20(11-8-18)24-13-2-1-3-14-24/h4-12,17H,1-3,13-16H2/b12-9+. The monoisotopic (exact) mass is 376 g/mol. The quantitative estimate of drug-likeness (QED) is 0.568. The number of carbonyl (C=O) groups excluding carboxylic acids is 2. The van der Waals surface area contributed by atoms with Gasteiger partial charge < -0.3 is 9.64 Å². The molecule has 0 atom stereocenters. The average Bonchev–Trinajstić information content (AvgIpc) is 3.19. The second kappa shape index (κ2) is 8.30. The maximum atomic E-state index is 12.6. The van der Waals surface area contributed by atoms with Crippen molar-refractivity contribution in [3.8, 4) is 0 Å². The highest BCUT2D eigenvalue weighted by Gasteiger charge is 2.23. The van der Waals surface area contributed by atoms with Crippen LogP contribution < -0.4 is 9.80 Å². The zero-order valence-electron chi connectivity index (χ0n) is 15.8. The van der Waals surface area contributed by atoms with Crippen molar-refractivity contribution in [1.29, 1.82) is 0 Å². The molecule has 5 heteroatoms. The minimum Gasteiger partial charge on any atom is -0.447 e. The molecule has 2 fully saturated rings. The fourth-order valence-corrected chi connectivity index (χ4v) is 3.67. The van der Waals surface area contributed by atoms with Gasteiger partial charge >= 0.3 is 6.09 Å². The van der Waals surface area contributed by atoms with Crippen LogP contribution in [-0.2, 0) is 4.74 Å². The van der Waals surface area contributed by atoms with Crippen LogP contribution in [0, 0.1) is 0 Å². The Labute approximate surface area is 165 Å². The molecule has 4 rings (SSSR count). The van der Waals surface area contributed by atoms with Gasteiger partial charge in [-0.05, 0) is 55.2 Å². The van der Waals surface area contributed by atoms with Gasteiger partial charge in [0.15, 0.2) is 5.78 Å². The molecule has 0 unspecified atom stereocenters. The third-order valence-electron chi connectivity index (χ3n) is 5.24. The first-order valence-corrected chi connectivity index (χ1v) is 9.82. The summed E-state index contributed by atoms with van der Waals surface area (Å²) in [7, 11) is 0. The second-order valence-corrected chi connectivity index (χ2v) is 7.15. The van der Waals surface area contributed by atoms with Crippen molar-refractivity contribution in [2.75, 3.05) is 36.0 Å². The number of nitrogens with zero attached hydrogens (tertiary/aromatic N) is 2. The SMILES string of the molecule is O=C(/C=C/c1ccc(N2CCCCC2)cc1)c1cccc(N2CCOC2=O)c1. The molecule has 144 valence electrons. The normalized spacial score (nSPS) is 17.2. The molecule has 0 aromatic heterocycles. The molecule has 2 aromatic carbocycles. The van der Waals surface area contributed by atoms with Gasteiger partial charge in [-0.3, -0.25) is 9.69 Å². The Kier molecular flexibility index (Phi) is 5.42. The van der Waals surface area contributed by atoms with E-state index in [1.165, 1.54) is 24.9 Å². The molecule has 2 aliphatic heterocycles. The molecule has 0 N–H and O–H groups in total. The fourth-order valence-electron chi connectivity index (χ4n) is 3.67. The zero-order chi connectivity index (χ0) is 19.3. The summed E-state index contributed by atoms with van der Waals surface area (Å²) in [5.74, 6) is -0.0884. The Bertz CT molecular complexity index is 883. The Morgan fingerprint density at radius 2 is 1.71 bits per heavy atom. The number of hydrogen-bond acceptors (Lipinski definition) is 4. The van der Waals surface area contributed by atoms with E-state index in [0.717, 1.165) is 18.7 Å². The first kappa shape index (κ1) is 18.3. The van der Waals surface area contributed by atoms with Gasteiger partial charge in [0.1, 0.15) is 6.61 Å². The number of ketones is 1. The summed E-state index contributed by atoms with van der Waals surface area (Å²) in [5.41, 5.74) is 3.48. The van der Waals surface area contributed by atoms with E-state index in [1.807, 2.05) is 24.3 Å². The highest BCUT2D eigenvalue weighted by molar-refractivity contribution is 6.07. The van der Waals surface area contributed by atoms with E-state index in [4.69, 9.17) is 4.74 Å². The molecule has 5 nitrogen and oxygen atoms in total. The lowest BCUT2D eigenvalue weighted by Crippen LogP contribution is -2.29. The van der Waals surface area contributed by atoms with Gasteiger partial charge in [0.2, 0.25) is 0 Å². The smallest absolute Gasteiger partial charge is 0.414 e. The number of cyclic esters (lactones) is 1.